The summed E-state index contributed by atoms with van der Waals surface area (Å²) < 4.78 is 18.0. The lowest BCUT2D eigenvalue weighted by molar-refractivity contribution is -0.334. The molecule has 0 N–H and O–H groups in total. The molecule has 0 amide bonds. The Balaban J connectivity index is 2.54. The van der Waals surface area contributed by atoms with Crippen LogP contribution < -0.4 is 0 Å². The second kappa shape index (κ2) is 5.75. The van der Waals surface area contributed by atoms with Gasteiger partial charge in [-0.05, 0) is 64.7 Å². The summed E-state index contributed by atoms with van der Waals surface area (Å²) in [6.45, 7) is 10.4. The van der Waals surface area contributed by atoms with Gasteiger partial charge in [0, 0.05) is 0 Å². The summed E-state index contributed by atoms with van der Waals surface area (Å²) in [4.78, 5) is 35.8. The standard InChI is InChI=1S/C17H24O6Si/c1-12(18)7-9-15(2)14(20)21-16(3)10-8-13(19)11-17(16,22-15)23-24(4,5)6/h7-10H,11H2,1-6H3/b9-7+/t15-,16-,17-/m0/s1. The molecule has 2 aliphatic rings. The maximum absolute atomic E-state index is 12.5. The van der Waals surface area contributed by atoms with E-state index in [1.54, 1.807) is 6.92 Å². The van der Waals surface area contributed by atoms with E-state index in [4.69, 9.17) is 13.9 Å². The zero-order chi connectivity index (χ0) is 18.4. The first-order valence-corrected chi connectivity index (χ1v) is 11.3. The van der Waals surface area contributed by atoms with Gasteiger partial charge < -0.3 is 13.9 Å². The minimum absolute atomic E-state index is 0.0545. The van der Waals surface area contributed by atoms with Crippen molar-refractivity contribution >= 4 is 25.9 Å². The van der Waals surface area contributed by atoms with E-state index in [0.717, 1.165) is 0 Å². The van der Waals surface area contributed by atoms with Gasteiger partial charge in [-0.2, -0.15) is 0 Å². The first-order chi connectivity index (χ1) is 10.8. The predicted octanol–water partition coefficient (Wildman–Crippen LogP) is 2.30. The third-order valence-corrected chi connectivity index (χ3v) is 4.89. The van der Waals surface area contributed by atoms with Crippen molar-refractivity contribution in [2.24, 2.45) is 0 Å². The normalized spacial score (nSPS) is 36.6. The average molecular weight is 352 g/mol. The van der Waals surface area contributed by atoms with Crippen LogP contribution in [0, 0.1) is 0 Å². The molecule has 1 aliphatic carbocycles. The molecule has 0 unspecified atom stereocenters. The van der Waals surface area contributed by atoms with E-state index in [-0.39, 0.29) is 18.0 Å². The highest BCUT2D eigenvalue weighted by Crippen LogP contribution is 2.47. The molecule has 0 saturated carbocycles. The van der Waals surface area contributed by atoms with Crippen LogP contribution in [0.25, 0.3) is 0 Å². The number of allylic oxidation sites excluding steroid dienone is 2. The van der Waals surface area contributed by atoms with E-state index in [2.05, 4.69) is 0 Å². The van der Waals surface area contributed by atoms with Gasteiger partial charge in [-0.3, -0.25) is 9.59 Å². The summed E-state index contributed by atoms with van der Waals surface area (Å²) >= 11 is 0. The zero-order valence-electron chi connectivity index (χ0n) is 15.0. The van der Waals surface area contributed by atoms with Crippen molar-refractivity contribution in [2.45, 2.75) is 63.8 Å². The van der Waals surface area contributed by atoms with E-state index in [0.29, 0.717) is 0 Å². The highest BCUT2D eigenvalue weighted by atomic mass is 28.4. The molecule has 3 atom stereocenters. The number of fused-ring (bicyclic) bond motifs is 1. The molecule has 7 heteroatoms. The van der Waals surface area contributed by atoms with E-state index in [1.165, 1.54) is 38.2 Å². The Bertz CT molecular complexity index is 646. The van der Waals surface area contributed by atoms with Gasteiger partial charge in [0.15, 0.2) is 31.1 Å². The Kier molecular flexibility index (Phi) is 4.50. The van der Waals surface area contributed by atoms with E-state index < -0.39 is 31.3 Å². The minimum Gasteiger partial charge on any atom is -0.447 e. The molecule has 1 saturated heterocycles. The van der Waals surface area contributed by atoms with Gasteiger partial charge in [-0.25, -0.2) is 4.79 Å². The maximum Gasteiger partial charge on any atom is 0.343 e. The summed E-state index contributed by atoms with van der Waals surface area (Å²) in [6, 6.07) is 0. The van der Waals surface area contributed by atoms with Crippen molar-refractivity contribution in [3.05, 3.63) is 24.3 Å². The second-order valence-electron chi connectivity index (χ2n) is 7.59. The Morgan fingerprint density at radius 3 is 2.46 bits per heavy atom. The van der Waals surface area contributed by atoms with Crippen molar-refractivity contribution in [2.75, 3.05) is 0 Å². The van der Waals surface area contributed by atoms with Gasteiger partial charge in [0.2, 0.25) is 5.79 Å². The molecule has 132 valence electrons. The molecular weight excluding hydrogens is 328 g/mol. The largest absolute Gasteiger partial charge is 0.447 e. The van der Waals surface area contributed by atoms with Crippen molar-refractivity contribution in [3.8, 4) is 0 Å². The van der Waals surface area contributed by atoms with Gasteiger partial charge in [0.25, 0.3) is 0 Å². The van der Waals surface area contributed by atoms with E-state index >= 15 is 0 Å². The number of ketones is 2. The summed E-state index contributed by atoms with van der Waals surface area (Å²) in [7, 11) is -2.16. The first kappa shape index (κ1) is 18.8. The van der Waals surface area contributed by atoms with Gasteiger partial charge in [-0.15, -0.1) is 0 Å². The van der Waals surface area contributed by atoms with Crippen LogP contribution in [-0.4, -0.2) is 42.8 Å². The van der Waals surface area contributed by atoms with Crippen LogP contribution in [0.5, 0.6) is 0 Å². The van der Waals surface area contributed by atoms with Gasteiger partial charge in [0.05, 0.1) is 6.42 Å². The second-order valence-corrected chi connectivity index (χ2v) is 12.0. The van der Waals surface area contributed by atoms with Crippen molar-refractivity contribution in [1.29, 1.82) is 0 Å². The third-order valence-electron chi connectivity index (χ3n) is 3.94. The fourth-order valence-corrected chi connectivity index (χ4v) is 4.11. The van der Waals surface area contributed by atoms with Gasteiger partial charge in [0.1, 0.15) is 0 Å². The lowest BCUT2D eigenvalue weighted by atomic mass is 9.82. The van der Waals surface area contributed by atoms with Crippen LogP contribution in [0.2, 0.25) is 19.6 Å². The molecule has 1 fully saturated rings. The molecule has 1 heterocycles. The molecule has 0 spiro atoms. The van der Waals surface area contributed by atoms with Crippen LogP contribution in [-0.2, 0) is 28.3 Å². The number of carbonyl (C=O) groups excluding carboxylic acids is 3. The number of hydrogen-bond acceptors (Lipinski definition) is 6. The molecule has 0 aromatic heterocycles. The average Bonchev–Trinajstić information content (AvgIpc) is 2.38. The van der Waals surface area contributed by atoms with Crippen LogP contribution in [0.1, 0.15) is 27.2 Å². The summed E-state index contributed by atoms with van der Waals surface area (Å²) in [5.41, 5.74) is -2.71. The van der Waals surface area contributed by atoms with Crippen LogP contribution >= 0.6 is 0 Å². The first-order valence-electron chi connectivity index (χ1n) is 7.87. The molecule has 2 rings (SSSR count). The Labute approximate surface area is 143 Å². The van der Waals surface area contributed by atoms with Gasteiger partial charge >= 0.3 is 5.97 Å². The summed E-state index contributed by atoms with van der Waals surface area (Å²) in [6.07, 6.45) is 5.46. The maximum atomic E-state index is 12.5. The molecule has 1 aliphatic heterocycles. The van der Waals surface area contributed by atoms with Crippen LogP contribution in [0.3, 0.4) is 0 Å². The Hall–Kier alpha value is -1.57. The SMILES string of the molecule is CC(=O)/C=C/[C@]1(C)O[C@]2(O[Si](C)(C)C)CC(=O)C=C[C@]2(C)OC1=O. The van der Waals surface area contributed by atoms with E-state index in [1.807, 2.05) is 19.6 Å². The molecule has 0 aromatic carbocycles. The number of esters is 1. The van der Waals surface area contributed by atoms with Crippen LogP contribution in [0.4, 0.5) is 0 Å². The quantitative estimate of drug-likeness (QED) is 0.439. The van der Waals surface area contributed by atoms with Crippen molar-refractivity contribution < 1.29 is 28.3 Å². The topological polar surface area (TPSA) is 78.9 Å². The van der Waals surface area contributed by atoms with Crippen molar-refractivity contribution in [1.82, 2.24) is 0 Å². The predicted molar refractivity (Wildman–Crippen MR) is 89.7 cm³/mol. The lowest BCUT2D eigenvalue weighted by Gasteiger charge is -2.55. The fraction of sp³-hybridized carbons (Fsp3) is 0.588. The summed E-state index contributed by atoms with van der Waals surface area (Å²) in [5.74, 6) is -2.42. The number of carbonyl (C=O) groups is 3. The smallest absolute Gasteiger partial charge is 0.343 e. The molecule has 0 aromatic rings. The zero-order valence-corrected chi connectivity index (χ0v) is 16.0. The highest BCUT2D eigenvalue weighted by molar-refractivity contribution is 6.69. The Morgan fingerprint density at radius 2 is 1.92 bits per heavy atom. The number of ether oxygens (including phenoxy) is 2. The monoisotopic (exact) mass is 352 g/mol. The fourth-order valence-electron chi connectivity index (χ4n) is 2.80. The van der Waals surface area contributed by atoms with Gasteiger partial charge in [-0.1, -0.05) is 0 Å². The number of rotatable bonds is 4. The third kappa shape index (κ3) is 3.43. The number of hydrogen-bond donors (Lipinski definition) is 0. The van der Waals surface area contributed by atoms with E-state index in [9.17, 15) is 14.4 Å². The van der Waals surface area contributed by atoms with Crippen LogP contribution in [0.15, 0.2) is 24.3 Å². The molecule has 0 radical (unpaired) electrons. The Morgan fingerprint density at radius 1 is 1.29 bits per heavy atom. The van der Waals surface area contributed by atoms with Crippen molar-refractivity contribution in [3.63, 3.8) is 0 Å². The molecular formula is C17H24O6Si. The summed E-state index contributed by atoms with van der Waals surface area (Å²) in [5, 5.41) is 0. The molecule has 6 nitrogen and oxygen atoms in total. The molecule has 0 bridgehead atoms. The minimum atomic E-state index is -2.16. The lowest BCUT2D eigenvalue weighted by Crippen LogP contribution is -2.70. The highest BCUT2D eigenvalue weighted by Gasteiger charge is 2.64. The molecule has 24 heavy (non-hydrogen) atoms.